The van der Waals surface area contributed by atoms with Gasteiger partial charge in [0, 0.05) is 21.2 Å². The third-order valence-corrected chi connectivity index (χ3v) is 5.54. The van der Waals surface area contributed by atoms with Gasteiger partial charge < -0.3 is 5.32 Å². The van der Waals surface area contributed by atoms with E-state index in [1.165, 1.54) is 33.1 Å². The van der Waals surface area contributed by atoms with E-state index in [4.69, 9.17) is 5.10 Å². The molecule has 4 heteroatoms. The van der Waals surface area contributed by atoms with Crippen LogP contribution < -0.4 is 5.32 Å². The van der Waals surface area contributed by atoms with E-state index < -0.39 is 0 Å². The number of para-hydroxylation sites is 1. The SMILES string of the molecule is Cc1ccccc1-n1nc(-c2ccccc2I)c2c1NCCCC2. The Morgan fingerprint density at radius 2 is 1.83 bits per heavy atom. The molecule has 0 fully saturated rings. The van der Waals surface area contributed by atoms with Crippen molar-refractivity contribution in [1.29, 1.82) is 0 Å². The van der Waals surface area contributed by atoms with Crippen LogP contribution in [0.5, 0.6) is 0 Å². The minimum Gasteiger partial charge on any atom is -0.370 e. The van der Waals surface area contributed by atoms with E-state index in [1.54, 1.807) is 0 Å². The third kappa shape index (κ3) is 2.73. The Balaban J connectivity index is 1.96. The van der Waals surface area contributed by atoms with Gasteiger partial charge in [-0.15, -0.1) is 0 Å². The number of halogens is 1. The molecule has 1 aliphatic rings. The zero-order valence-corrected chi connectivity index (χ0v) is 15.9. The molecule has 3 nitrogen and oxygen atoms in total. The Kier molecular flexibility index (Phi) is 4.31. The van der Waals surface area contributed by atoms with Gasteiger partial charge in [-0.1, -0.05) is 36.4 Å². The van der Waals surface area contributed by atoms with Gasteiger partial charge in [-0.05, 0) is 66.5 Å². The number of fused-ring (bicyclic) bond motifs is 1. The summed E-state index contributed by atoms with van der Waals surface area (Å²) in [4.78, 5) is 0. The summed E-state index contributed by atoms with van der Waals surface area (Å²) in [7, 11) is 0. The fraction of sp³-hybridized carbons (Fsp3) is 0.250. The predicted molar refractivity (Wildman–Crippen MR) is 108 cm³/mol. The number of anilines is 1. The van der Waals surface area contributed by atoms with Crippen molar-refractivity contribution in [2.45, 2.75) is 26.2 Å². The van der Waals surface area contributed by atoms with Crippen LogP contribution in [0.25, 0.3) is 16.9 Å². The van der Waals surface area contributed by atoms with Gasteiger partial charge in [-0.3, -0.25) is 0 Å². The van der Waals surface area contributed by atoms with Crippen molar-refractivity contribution >= 4 is 28.4 Å². The average molecular weight is 429 g/mol. The topological polar surface area (TPSA) is 29.9 Å². The number of hydrogen-bond donors (Lipinski definition) is 1. The molecule has 0 amide bonds. The summed E-state index contributed by atoms with van der Waals surface area (Å²) in [5.41, 5.74) is 6.08. The van der Waals surface area contributed by atoms with Gasteiger partial charge in [0.15, 0.2) is 0 Å². The molecule has 2 heterocycles. The zero-order chi connectivity index (χ0) is 16.5. The van der Waals surface area contributed by atoms with Crippen LogP contribution in [0.15, 0.2) is 48.5 Å². The second-order valence-electron chi connectivity index (χ2n) is 6.24. The van der Waals surface area contributed by atoms with Gasteiger partial charge >= 0.3 is 0 Å². The second-order valence-corrected chi connectivity index (χ2v) is 7.40. The lowest BCUT2D eigenvalue weighted by Gasteiger charge is -2.11. The monoisotopic (exact) mass is 429 g/mol. The molecular weight excluding hydrogens is 409 g/mol. The van der Waals surface area contributed by atoms with Crippen LogP contribution in [0, 0.1) is 10.5 Å². The molecule has 24 heavy (non-hydrogen) atoms. The van der Waals surface area contributed by atoms with E-state index >= 15 is 0 Å². The van der Waals surface area contributed by atoms with Crippen LogP contribution in [0.2, 0.25) is 0 Å². The van der Waals surface area contributed by atoms with E-state index in [-0.39, 0.29) is 0 Å². The van der Waals surface area contributed by atoms with E-state index in [0.29, 0.717) is 0 Å². The summed E-state index contributed by atoms with van der Waals surface area (Å²) >= 11 is 2.41. The van der Waals surface area contributed by atoms with E-state index in [2.05, 4.69) is 88.0 Å². The maximum atomic E-state index is 5.05. The van der Waals surface area contributed by atoms with Crippen molar-refractivity contribution in [1.82, 2.24) is 9.78 Å². The molecule has 0 spiro atoms. The summed E-state index contributed by atoms with van der Waals surface area (Å²) in [6.07, 6.45) is 3.48. The molecule has 1 aliphatic heterocycles. The van der Waals surface area contributed by atoms with Crippen molar-refractivity contribution in [3.8, 4) is 16.9 Å². The van der Waals surface area contributed by atoms with Crippen LogP contribution in [0.3, 0.4) is 0 Å². The molecule has 0 unspecified atom stereocenters. The molecule has 4 rings (SSSR count). The Bertz CT molecular complexity index is 812. The first kappa shape index (κ1) is 15.7. The summed E-state index contributed by atoms with van der Waals surface area (Å²) < 4.78 is 3.35. The molecule has 0 saturated carbocycles. The van der Waals surface area contributed by atoms with E-state index in [0.717, 1.165) is 30.2 Å². The van der Waals surface area contributed by atoms with Gasteiger partial charge in [0.2, 0.25) is 0 Å². The fourth-order valence-electron chi connectivity index (χ4n) is 3.35. The minimum absolute atomic E-state index is 1.01. The van der Waals surface area contributed by atoms with Crippen LogP contribution in [-0.4, -0.2) is 16.3 Å². The first-order chi connectivity index (χ1) is 11.8. The lowest BCUT2D eigenvalue weighted by atomic mass is 10.0. The van der Waals surface area contributed by atoms with Crippen LogP contribution in [-0.2, 0) is 6.42 Å². The highest BCUT2D eigenvalue weighted by Crippen LogP contribution is 2.36. The van der Waals surface area contributed by atoms with Crippen molar-refractivity contribution in [2.75, 3.05) is 11.9 Å². The molecule has 122 valence electrons. The third-order valence-electron chi connectivity index (χ3n) is 4.60. The highest BCUT2D eigenvalue weighted by Gasteiger charge is 2.23. The average Bonchev–Trinajstić information content (AvgIpc) is 2.78. The highest BCUT2D eigenvalue weighted by molar-refractivity contribution is 14.1. The first-order valence-corrected chi connectivity index (χ1v) is 9.50. The number of hydrogen-bond acceptors (Lipinski definition) is 2. The molecule has 0 saturated heterocycles. The van der Waals surface area contributed by atoms with Crippen molar-refractivity contribution < 1.29 is 0 Å². The summed E-state index contributed by atoms with van der Waals surface area (Å²) in [6, 6.07) is 17.0. The molecule has 0 aliphatic carbocycles. The first-order valence-electron chi connectivity index (χ1n) is 8.42. The fourth-order valence-corrected chi connectivity index (χ4v) is 3.99. The Hall–Kier alpha value is -1.82. The van der Waals surface area contributed by atoms with Gasteiger partial charge in [-0.25, -0.2) is 4.68 Å². The van der Waals surface area contributed by atoms with Gasteiger partial charge in [0.1, 0.15) is 5.82 Å². The summed E-state index contributed by atoms with van der Waals surface area (Å²) in [5.74, 6) is 1.16. The molecule has 3 aromatic rings. The Morgan fingerprint density at radius 3 is 2.67 bits per heavy atom. The van der Waals surface area contributed by atoms with E-state index in [1.807, 2.05) is 0 Å². The minimum atomic E-state index is 1.01. The quantitative estimate of drug-likeness (QED) is 0.568. The number of nitrogens with zero attached hydrogens (tertiary/aromatic N) is 2. The lowest BCUT2D eigenvalue weighted by molar-refractivity contribution is 0.779. The van der Waals surface area contributed by atoms with Crippen LogP contribution >= 0.6 is 22.6 Å². The van der Waals surface area contributed by atoms with Gasteiger partial charge in [0.25, 0.3) is 0 Å². The summed E-state index contributed by atoms with van der Waals surface area (Å²) in [6.45, 7) is 3.15. The van der Waals surface area contributed by atoms with Gasteiger partial charge in [-0.2, -0.15) is 5.10 Å². The predicted octanol–water partition coefficient (Wildman–Crippen LogP) is 5.20. The molecule has 2 aromatic carbocycles. The maximum absolute atomic E-state index is 5.05. The number of aromatic nitrogens is 2. The van der Waals surface area contributed by atoms with Crippen molar-refractivity contribution in [2.24, 2.45) is 0 Å². The Morgan fingerprint density at radius 1 is 1.04 bits per heavy atom. The molecule has 1 aromatic heterocycles. The highest BCUT2D eigenvalue weighted by atomic mass is 127. The number of benzene rings is 2. The number of rotatable bonds is 2. The van der Waals surface area contributed by atoms with Crippen LogP contribution in [0.4, 0.5) is 5.82 Å². The molecule has 0 radical (unpaired) electrons. The van der Waals surface area contributed by atoms with E-state index in [9.17, 15) is 0 Å². The molecule has 1 N–H and O–H groups in total. The smallest absolute Gasteiger partial charge is 0.133 e. The van der Waals surface area contributed by atoms with Crippen LogP contribution in [0.1, 0.15) is 24.0 Å². The second kappa shape index (κ2) is 6.59. The number of nitrogens with one attached hydrogen (secondary N) is 1. The molecule has 0 bridgehead atoms. The summed E-state index contributed by atoms with van der Waals surface area (Å²) in [5, 5.41) is 8.67. The Labute approximate surface area is 156 Å². The molecule has 0 atom stereocenters. The lowest BCUT2D eigenvalue weighted by Crippen LogP contribution is -2.08. The van der Waals surface area contributed by atoms with Crippen molar-refractivity contribution in [3.05, 3.63) is 63.2 Å². The zero-order valence-electron chi connectivity index (χ0n) is 13.7. The standard InChI is InChI=1S/C20H20IN3/c1-14-8-2-5-12-18(14)24-20-16(10-6-7-13-22-20)19(23-24)15-9-3-4-11-17(15)21/h2-5,8-9,11-12,22H,6-7,10,13H2,1H3. The van der Waals surface area contributed by atoms with Crippen molar-refractivity contribution in [3.63, 3.8) is 0 Å². The normalized spacial score (nSPS) is 13.9. The largest absolute Gasteiger partial charge is 0.370 e. The van der Waals surface area contributed by atoms with Gasteiger partial charge in [0.05, 0.1) is 11.4 Å². The number of aryl methyl sites for hydroxylation is 1. The molecular formula is C20H20IN3. The maximum Gasteiger partial charge on any atom is 0.133 e.